The molecule has 0 radical (unpaired) electrons. The van der Waals surface area contributed by atoms with Crippen LogP contribution in [0.1, 0.15) is 36.8 Å². The zero-order chi connectivity index (χ0) is 20.1. The second-order valence-corrected chi connectivity index (χ2v) is 7.36. The number of aliphatic imine (C=N–C) groups is 2. The van der Waals surface area contributed by atoms with E-state index in [-0.39, 0.29) is 29.3 Å². The smallest absolute Gasteiger partial charge is 0.128 e. The fraction of sp³-hybridized carbons (Fsp3) is 0.364. The van der Waals surface area contributed by atoms with Crippen LogP contribution < -0.4 is 4.90 Å². The molecule has 1 aliphatic rings. The highest BCUT2D eigenvalue weighted by Gasteiger charge is 2.23. The van der Waals surface area contributed by atoms with Gasteiger partial charge >= 0.3 is 0 Å². The van der Waals surface area contributed by atoms with Crippen molar-refractivity contribution in [1.82, 2.24) is 0 Å². The van der Waals surface area contributed by atoms with Gasteiger partial charge in [-0.3, -0.25) is 9.98 Å². The van der Waals surface area contributed by atoms with Crippen molar-refractivity contribution in [3.8, 4) is 17.2 Å². The van der Waals surface area contributed by atoms with Gasteiger partial charge in [0.05, 0.1) is 12.1 Å². The van der Waals surface area contributed by atoms with Gasteiger partial charge in [0.15, 0.2) is 0 Å². The van der Waals surface area contributed by atoms with Crippen LogP contribution in [0.2, 0.25) is 0 Å². The number of anilines is 1. The Morgan fingerprint density at radius 2 is 1.36 bits per heavy atom. The first-order valence-electron chi connectivity index (χ1n) is 9.52. The zero-order valence-corrected chi connectivity index (χ0v) is 16.3. The van der Waals surface area contributed by atoms with E-state index in [2.05, 4.69) is 4.99 Å². The van der Waals surface area contributed by atoms with E-state index in [1.165, 1.54) is 12.1 Å². The zero-order valence-electron chi connectivity index (χ0n) is 16.3. The first-order valence-corrected chi connectivity index (χ1v) is 9.52. The lowest BCUT2D eigenvalue weighted by atomic mass is 9.91. The topological polar surface area (TPSA) is 88.7 Å². The average molecular weight is 381 g/mol. The molecule has 0 saturated heterocycles. The van der Waals surface area contributed by atoms with E-state index in [0.29, 0.717) is 11.1 Å². The molecule has 0 heterocycles. The van der Waals surface area contributed by atoms with Gasteiger partial charge in [0, 0.05) is 55.5 Å². The molecule has 2 aromatic rings. The second-order valence-electron chi connectivity index (χ2n) is 7.36. The van der Waals surface area contributed by atoms with Crippen LogP contribution in [0, 0.1) is 0 Å². The standard InChI is InChI=1S/C22H27N3O3/c1-25(2)17-9-7-15(21(27)11-17)13-23-19-5-3-4-6-20(19)24-14-16-8-10-18(26)12-22(16)28/h7-14,19-20,26-28H,3-6H2,1-2H3. The molecular weight excluding hydrogens is 354 g/mol. The molecule has 1 saturated carbocycles. The number of phenols is 3. The normalized spacial score (nSPS) is 20.1. The summed E-state index contributed by atoms with van der Waals surface area (Å²) in [5.41, 5.74) is 2.20. The maximum Gasteiger partial charge on any atom is 0.128 e. The molecule has 28 heavy (non-hydrogen) atoms. The van der Waals surface area contributed by atoms with Gasteiger partial charge in [0.2, 0.25) is 0 Å². The number of hydrogen-bond acceptors (Lipinski definition) is 6. The van der Waals surface area contributed by atoms with Crippen molar-refractivity contribution in [2.45, 2.75) is 37.8 Å². The largest absolute Gasteiger partial charge is 0.508 e. The second kappa shape index (κ2) is 8.78. The third-order valence-corrected chi connectivity index (χ3v) is 5.05. The van der Waals surface area contributed by atoms with Crippen LogP contribution in [-0.2, 0) is 0 Å². The van der Waals surface area contributed by atoms with Crippen molar-refractivity contribution < 1.29 is 15.3 Å². The van der Waals surface area contributed by atoms with E-state index in [4.69, 9.17) is 4.99 Å². The van der Waals surface area contributed by atoms with Gasteiger partial charge in [0.25, 0.3) is 0 Å². The first-order chi connectivity index (χ1) is 13.4. The van der Waals surface area contributed by atoms with Crippen LogP contribution in [0.15, 0.2) is 46.4 Å². The van der Waals surface area contributed by atoms with Gasteiger partial charge in [-0.1, -0.05) is 12.8 Å². The van der Waals surface area contributed by atoms with E-state index in [0.717, 1.165) is 31.4 Å². The van der Waals surface area contributed by atoms with Crippen LogP contribution in [-0.4, -0.2) is 53.9 Å². The summed E-state index contributed by atoms with van der Waals surface area (Å²) in [5.74, 6) is 0.236. The van der Waals surface area contributed by atoms with Crippen molar-refractivity contribution in [2.24, 2.45) is 9.98 Å². The van der Waals surface area contributed by atoms with Crippen LogP contribution in [0.5, 0.6) is 17.2 Å². The molecule has 0 bridgehead atoms. The monoisotopic (exact) mass is 381 g/mol. The van der Waals surface area contributed by atoms with E-state index in [1.54, 1.807) is 24.6 Å². The molecular formula is C22H27N3O3. The summed E-state index contributed by atoms with van der Waals surface area (Å²) in [6, 6.07) is 10.1. The maximum atomic E-state index is 10.2. The quantitative estimate of drug-likeness (QED) is 0.689. The van der Waals surface area contributed by atoms with Crippen molar-refractivity contribution in [3.05, 3.63) is 47.5 Å². The summed E-state index contributed by atoms with van der Waals surface area (Å²) < 4.78 is 0. The van der Waals surface area contributed by atoms with Gasteiger partial charge in [0.1, 0.15) is 17.2 Å². The molecule has 0 amide bonds. The van der Waals surface area contributed by atoms with E-state index in [1.807, 2.05) is 31.1 Å². The molecule has 3 N–H and O–H groups in total. The van der Waals surface area contributed by atoms with Gasteiger partial charge in [-0.2, -0.15) is 0 Å². The lowest BCUT2D eigenvalue weighted by Gasteiger charge is -2.25. The predicted molar refractivity (Wildman–Crippen MR) is 113 cm³/mol. The molecule has 3 rings (SSSR count). The third kappa shape index (κ3) is 4.82. The number of nitrogens with zero attached hydrogens (tertiary/aromatic N) is 3. The highest BCUT2D eigenvalue weighted by atomic mass is 16.3. The number of benzene rings is 2. The maximum absolute atomic E-state index is 10.2. The molecule has 148 valence electrons. The summed E-state index contributed by atoms with van der Waals surface area (Å²) >= 11 is 0. The molecule has 2 atom stereocenters. The van der Waals surface area contributed by atoms with Gasteiger partial charge in [-0.05, 0) is 37.1 Å². The molecule has 2 unspecified atom stereocenters. The molecule has 6 nitrogen and oxygen atoms in total. The Kier molecular flexibility index (Phi) is 6.19. The summed E-state index contributed by atoms with van der Waals surface area (Å²) in [6.07, 6.45) is 7.45. The van der Waals surface area contributed by atoms with Crippen LogP contribution in [0.3, 0.4) is 0 Å². The van der Waals surface area contributed by atoms with E-state index in [9.17, 15) is 15.3 Å². The fourth-order valence-electron chi connectivity index (χ4n) is 3.35. The molecule has 1 fully saturated rings. The minimum Gasteiger partial charge on any atom is -0.508 e. The molecule has 0 aliphatic heterocycles. The molecule has 2 aromatic carbocycles. The highest BCUT2D eigenvalue weighted by Crippen LogP contribution is 2.27. The Balaban J connectivity index is 1.74. The van der Waals surface area contributed by atoms with Crippen LogP contribution >= 0.6 is 0 Å². The van der Waals surface area contributed by atoms with Crippen molar-refractivity contribution in [1.29, 1.82) is 0 Å². The van der Waals surface area contributed by atoms with E-state index >= 15 is 0 Å². The van der Waals surface area contributed by atoms with Crippen LogP contribution in [0.25, 0.3) is 0 Å². The predicted octanol–water partition coefficient (Wildman–Crippen LogP) is 3.72. The molecule has 0 aromatic heterocycles. The minimum absolute atomic E-state index is 0.00511. The number of aromatic hydroxyl groups is 3. The summed E-state index contributed by atoms with van der Waals surface area (Å²) in [5, 5.41) is 29.6. The Morgan fingerprint density at radius 1 is 0.821 bits per heavy atom. The minimum atomic E-state index is 0.00511. The van der Waals surface area contributed by atoms with Gasteiger partial charge < -0.3 is 20.2 Å². The third-order valence-electron chi connectivity index (χ3n) is 5.05. The summed E-state index contributed by atoms with van der Waals surface area (Å²) in [4.78, 5) is 11.3. The number of rotatable bonds is 5. The Labute approximate surface area is 165 Å². The lowest BCUT2D eigenvalue weighted by Crippen LogP contribution is -2.27. The Morgan fingerprint density at radius 3 is 1.86 bits per heavy atom. The van der Waals surface area contributed by atoms with Crippen molar-refractivity contribution in [2.75, 3.05) is 19.0 Å². The first kappa shape index (κ1) is 19.7. The van der Waals surface area contributed by atoms with Crippen molar-refractivity contribution >= 4 is 18.1 Å². The van der Waals surface area contributed by atoms with Gasteiger partial charge in [-0.15, -0.1) is 0 Å². The SMILES string of the molecule is CN(C)c1ccc(C=NC2CCCCC2N=Cc2ccc(O)cc2O)c(O)c1. The Bertz CT molecular complexity index is 877. The fourth-order valence-corrected chi connectivity index (χ4v) is 3.35. The average Bonchev–Trinajstić information content (AvgIpc) is 2.67. The lowest BCUT2D eigenvalue weighted by molar-refractivity contribution is 0.390. The number of phenolic OH excluding ortho intramolecular Hbond substituents is 3. The van der Waals surface area contributed by atoms with E-state index < -0.39 is 0 Å². The summed E-state index contributed by atoms with van der Waals surface area (Å²) in [6.45, 7) is 0. The van der Waals surface area contributed by atoms with Crippen molar-refractivity contribution in [3.63, 3.8) is 0 Å². The molecule has 6 heteroatoms. The molecule has 1 aliphatic carbocycles. The number of hydrogen-bond donors (Lipinski definition) is 3. The van der Waals surface area contributed by atoms with Gasteiger partial charge in [-0.25, -0.2) is 0 Å². The molecule has 0 spiro atoms. The summed E-state index contributed by atoms with van der Waals surface area (Å²) in [7, 11) is 3.86. The Hall–Kier alpha value is -3.02. The van der Waals surface area contributed by atoms with Crippen LogP contribution in [0.4, 0.5) is 5.69 Å². The highest BCUT2D eigenvalue weighted by molar-refractivity contribution is 5.85.